The van der Waals surface area contributed by atoms with Gasteiger partial charge in [0.2, 0.25) is 5.75 Å². The zero-order valence-corrected chi connectivity index (χ0v) is 17.2. The Hall–Kier alpha value is -4.32. The second-order valence-corrected chi connectivity index (χ2v) is 6.30. The van der Waals surface area contributed by atoms with Crippen LogP contribution in [0.25, 0.3) is 0 Å². The molecule has 3 rings (SSSR count). The van der Waals surface area contributed by atoms with Gasteiger partial charge in [0, 0.05) is 5.56 Å². The second-order valence-electron chi connectivity index (χ2n) is 6.30. The molecule has 31 heavy (non-hydrogen) atoms. The molecule has 1 atom stereocenters. The van der Waals surface area contributed by atoms with Crippen molar-refractivity contribution in [1.29, 1.82) is 5.26 Å². The van der Waals surface area contributed by atoms with E-state index >= 15 is 0 Å². The van der Waals surface area contributed by atoms with E-state index in [0.29, 0.717) is 22.9 Å². The van der Waals surface area contributed by atoms with Crippen LogP contribution in [0.15, 0.2) is 54.9 Å². The van der Waals surface area contributed by atoms with Crippen molar-refractivity contribution in [3.05, 3.63) is 71.7 Å². The number of rotatable bonds is 8. The van der Waals surface area contributed by atoms with E-state index < -0.39 is 11.8 Å². The van der Waals surface area contributed by atoms with Gasteiger partial charge in [-0.1, -0.05) is 30.3 Å². The number of hydrogen-bond acceptors (Lipinski definition) is 8. The van der Waals surface area contributed by atoms with Crippen molar-refractivity contribution >= 4 is 11.7 Å². The molecule has 0 aliphatic heterocycles. The molecule has 0 saturated carbocycles. The summed E-state index contributed by atoms with van der Waals surface area (Å²) in [5.74, 6) is 0.348. The molecule has 9 nitrogen and oxygen atoms in total. The molecule has 9 heteroatoms. The number of hydrazine groups is 1. The predicted molar refractivity (Wildman–Crippen MR) is 113 cm³/mol. The Bertz CT molecular complexity index is 1070. The van der Waals surface area contributed by atoms with Gasteiger partial charge in [-0.25, -0.2) is 4.98 Å². The maximum Gasteiger partial charge on any atom is 0.269 e. The second kappa shape index (κ2) is 9.93. The standard InChI is InChI=1S/C22H21N5O4/c1-29-18-9-15(10-19(30-2)21(18)31-3)22(28)27-26-20-13-24-12-17(25-20)16(11-23)14-7-5-4-6-8-14/h4-10,12-13,16H,1-3H3,(H,25,26)(H,27,28). The van der Waals surface area contributed by atoms with Crippen molar-refractivity contribution in [2.45, 2.75) is 5.92 Å². The number of nitrogens with one attached hydrogen (secondary N) is 2. The van der Waals surface area contributed by atoms with Gasteiger partial charge in [0.25, 0.3) is 5.91 Å². The minimum absolute atomic E-state index is 0.283. The molecule has 1 aromatic heterocycles. The topological polar surface area (TPSA) is 118 Å². The Morgan fingerprint density at radius 1 is 1.03 bits per heavy atom. The summed E-state index contributed by atoms with van der Waals surface area (Å²) in [7, 11) is 4.42. The lowest BCUT2D eigenvalue weighted by Crippen LogP contribution is -2.30. The molecular formula is C22H21N5O4. The van der Waals surface area contributed by atoms with Crippen molar-refractivity contribution in [2.75, 3.05) is 26.8 Å². The van der Waals surface area contributed by atoms with Crippen LogP contribution < -0.4 is 25.1 Å². The first-order chi connectivity index (χ1) is 15.1. The Balaban J connectivity index is 1.77. The molecule has 2 N–H and O–H groups in total. The first kappa shape index (κ1) is 21.4. The number of ether oxygens (including phenoxy) is 3. The maximum absolute atomic E-state index is 12.6. The zero-order chi connectivity index (χ0) is 22.2. The molecule has 0 aliphatic carbocycles. The van der Waals surface area contributed by atoms with Crippen molar-refractivity contribution in [3.63, 3.8) is 0 Å². The maximum atomic E-state index is 12.6. The molecule has 0 aliphatic rings. The first-order valence-corrected chi connectivity index (χ1v) is 9.24. The minimum atomic E-state index is -0.582. The number of carbonyl (C=O) groups excluding carboxylic acids is 1. The summed E-state index contributed by atoms with van der Waals surface area (Å²) in [5.41, 5.74) is 6.82. The van der Waals surface area contributed by atoms with Crippen molar-refractivity contribution in [2.24, 2.45) is 0 Å². The predicted octanol–water partition coefficient (Wildman–Crippen LogP) is 2.91. The molecule has 0 fully saturated rings. The molecule has 0 bridgehead atoms. The summed E-state index contributed by atoms with van der Waals surface area (Å²) in [6, 6.07) is 14.6. The summed E-state index contributed by atoms with van der Waals surface area (Å²) >= 11 is 0. The largest absolute Gasteiger partial charge is 0.493 e. The van der Waals surface area contributed by atoms with Gasteiger partial charge in [-0.15, -0.1) is 0 Å². The Kier molecular flexibility index (Phi) is 6.85. The Labute approximate surface area is 179 Å². The van der Waals surface area contributed by atoms with E-state index in [4.69, 9.17) is 14.2 Å². The number of nitrogens with zero attached hydrogens (tertiary/aromatic N) is 3. The van der Waals surface area contributed by atoms with E-state index in [-0.39, 0.29) is 11.4 Å². The lowest BCUT2D eigenvalue weighted by Gasteiger charge is -2.15. The van der Waals surface area contributed by atoms with Crippen LogP contribution in [-0.2, 0) is 0 Å². The van der Waals surface area contributed by atoms with Gasteiger partial charge in [-0.05, 0) is 17.7 Å². The van der Waals surface area contributed by atoms with Crippen molar-refractivity contribution in [3.8, 4) is 23.3 Å². The Morgan fingerprint density at radius 2 is 1.71 bits per heavy atom. The van der Waals surface area contributed by atoms with Crippen molar-refractivity contribution in [1.82, 2.24) is 15.4 Å². The van der Waals surface area contributed by atoms with Crippen LogP contribution in [0.3, 0.4) is 0 Å². The highest BCUT2D eigenvalue weighted by Gasteiger charge is 2.18. The van der Waals surface area contributed by atoms with Gasteiger partial charge in [0.05, 0.1) is 45.5 Å². The quantitative estimate of drug-likeness (QED) is 0.535. The lowest BCUT2D eigenvalue weighted by atomic mass is 9.98. The number of benzene rings is 2. The fourth-order valence-electron chi connectivity index (χ4n) is 2.94. The summed E-state index contributed by atoms with van der Waals surface area (Å²) in [6.07, 6.45) is 2.96. The van der Waals surface area contributed by atoms with E-state index in [2.05, 4.69) is 26.9 Å². The third-order valence-electron chi connectivity index (χ3n) is 4.44. The number of amides is 1. The van der Waals surface area contributed by atoms with Gasteiger partial charge in [-0.2, -0.15) is 5.26 Å². The molecule has 1 unspecified atom stereocenters. The van der Waals surface area contributed by atoms with Crippen molar-refractivity contribution < 1.29 is 19.0 Å². The third kappa shape index (κ3) is 4.82. The molecule has 0 saturated heterocycles. The average molecular weight is 419 g/mol. The van der Waals surface area contributed by atoms with E-state index in [0.717, 1.165) is 5.56 Å². The molecular weight excluding hydrogens is 398 g/mol. The van der Waals surface area contributed by atoms with Gasteiger partial charge in [-0.3, -0.25) is 20.6 Å². The van der Waals surface area contributed by atoms with Crippen LogP contribution in [0.1, 0.15) is 27.5 Å². The monoisotopic (exact) mass is 419 g/mol. The van der Waals surface area contributed by atoms with Crippen LogP contribution >= 0.6 is 0 Å². The van der Waals surface area contributed by atoms with Crippen LogP contribution in [0.4, 0.5) is 5.82 Å². The molecule has 1 heterocycles. The van der Waals surface area contributed by atoms with Gasteiger partial charge in [0.15, 0.2) is 17.3 Å². The van der Waals surface area contributed by atoms with E-state index in [1.165, 1.54) is 45.9 Å². The summed E-state index contributed by atoms with van der Waals surface area (Å²) in [6.45, 7) is 0. The van der Waals surface area contributed by atoms with Gasteiger partial charge in [0.1, 0.15) is 5.92 Å². The number of methoxy groups -OCH3 is 3. The highest BCUT2D eigenvalue weighted by atomic mass is 16.5. The number of aromatic nitrogens is 2. The SMILES string of the molecule is COc1cc(C(=O)NNc2cncc(C(C#N)c3ccccc3)n2)cc(OC)c1OC. The summed E-state index contributed by atoms with van der Waals surface area (Å²) < 4.78 is 15.8. The fraction of sp³-hybridized carbons (Fsp3) is 0.182. The highest BCUT2D eigenvalue weighted by Crippen LogP contribution is 2.38. The molecule has 0 radical (unpaired) electrons. The number of hydrogen-bond donors (Lipinski definition) is 2. The summed E-state index contributed by atoms with van der Waals surface area (Å²) in [4.78, 5) is 21.1. The highest BCUT2D eigenvalue weighted by molar-refractivity contribution is 5.96. The molecule has 1 amide bonds. The number of nitriles is 1. The normalized spacial score (nSPS) is 11.0. The smallest absolute Gasteiger partial charge is 0.269 e. The molecule has 158 valence electrons. The summed E-state index contributed by atoms with van der Waals surface area (Å²) in [5, 5.41) is 9.59. The third-order valence-corrected chi connectivity index (χ3v) is 4.44. The van der Waals surface area contributed by atoms with E-state index in [1.54, 1.807) is 0 Å². The minimum Gasteiger partial charge on any atom is -0.493 e. The van der Waals surface area contributed by atoms with Crippen LogP contribution in [0.5, 0.6) is 17.2 Å². The molecule has 2 aromatic carbocycles. The zero-order valence-electron chi connectivity index (χ0n) is 17.2. The number of anilines is 1. The van der Waals surface area contributed by atoms with Crippen LogP contribution in [0.2, 0.25) is 0 Å². The average Bonchev–Trinajstić information content (AvgIpc) is 2.83. The Morgan fingerprint density at radius 3 is 2.29 bits per heavy atom. The number of carbonyl (C=O) groups is 1. The van der Waals surface area contributed by atoms with E-state index in [9.17, 15) is 10.1 Å². The van der Waals surface area contributed by atoms with Gasteiger partial charge >= 0.3 is 0 Å². The lowest BCUT2D eigenvalue weighted by molar-refractivity contribution is 0.0961. The fourth-order valence-corrected chi connectivity index (χ4v) is 2.94. The van der Waals surface area contributed by atoms with Crippen LogP contribution in [0, 0.1) is 11.3 Å². The first-order valence-electron chi connectivity index (χ1n) is 9.24. The van der Waals surface area contributed by atoms with E-state index in [1.807, 2.05) is 30.3 Å². The molecule has 0 spiro atoms. The van der Waals surface area contributed by atoms with Gasteiger partial charge < -0.3 is 14.2 Å². The van der Waals surface area contributed by atoms with Crippen LogP contribution in [-0.4, -0.2) is 37.2 Å². The molecule has 3 aromatic rings.